The van der Waals surface area contributed by atoms with Gasteiger partial charge in [-0.2, -0.15) is 0 Å². The van der Waals surface area contributed by atoms with E-state index in [9.17, 15) is 14.0 Å². The zero-order valence-electron chi connectivity index (χ0n) is 11.1. The predicted molar refractivity (Wildman–Crippen MR) is 73.8 cm³/mol. The number of hydrogen-bond donors (Lipinski definition) is 1. The van der Waals surface area contributed by atoms with Crippen molar-refractivity contribution in [2.45, 2.75) is 12.8 Å². The normalized spacial score (nSPS) is 10.1. The average Bonchev–Trinajstić information content (AvgIpc) is 2.47. The molecule has 21 heavy (non-hydrogen) atoms. The van der Waals surface area contributed by atoms with Crippen molar-refractivity contribution in [1.82, 2.24) is 0 Å². The number of aryl methyl sites for hydroxylation is 1. The van der Waals surface area contributed by atoms with Crippen LogP contribution in [-0.4, -0.2) is 17.0 Å². The number of aromatic carboxylic acids is 1. The molecule has 1 N–H and O–H groups in total. The van der Waals surface area contributed by atoms with Crippen molar-refractivity contribution in [3.05, 3.63) is 65.5 Å². The first kappa shape index (κ1) is 14.7. The van der Waals surface area contributed by atoms with Gasteiger partial charge in [-0.3, -0.25) is 4.79 Å². The largest absolute Gasteiger partial charge is 0.478 e. The van der Waals surface area contributed by atoms with E-state index in [1.54, 1.807) is 24.3 Å². The number of carboxylic acid groups (broad SMARTS) is 1. The Hall–Kier alpha value is -2.69. The Kier molecular flexibility index (Phi) is 4.66. The molecular formula is C16H13FO4. The summed E-state index contributed by atoms with van der Waals surface area (Å²) in [5.41, 5.74) is 0.743. The van der Waals surface area contributed by atoms with Gasteiger partial charge in [-0.25, -0.2) is 9.18 Å². The third-order valence-corrected chi connectivity index (χ3v) is 2.87. The third-order valence-electron chi connectivity index (χ3n) is 2.87. The van der Waals surface area contributed by atoms with Gasteiger partial charge in [0, 0.05) is 6.42 Å². The fourth-order valence-electron chi connectivity index (χ4n) is 1.80. The van der Waals surface area contributed by atoms with E-state index in [-0.39, 0.29) is 23.6 Å². The van der Waals surface area contributed by atoms with E-state index in [0.717, 1.165) is 5.56 Å². The van der Waals surface area contributed by atoms with Gasteiger partial charge in [0.2, 0.25) is 0 Å². The van der Waals surface area contributed by atoms with Crippen molar-refractivity contribution in [2.24, 2.45) is 0 Å². The van der Waals surface area contributed by atoms with E-state index in [1.165, 1.54) is 24.3 Å². The molecule has 2 rings (SSSR count). The molecule has 0 unspecified atom stereocenters. The minimum atomic E-state index is -1.16. The van der Waals surface area contributed by atoms with Crippen molar-refractivity contribution in [1.29, 1.82) is 0 Å². The summed E-state index contributed by atoms with van der Waals surface area (Å²) >= 11 is 0. The molecule has 5 heteroatoms. The minimum Gasteiger partial charge on any atom is -0.478 e. The Bertz CT molecular complexity index is 650. The second-order valence-electron chi connectivity index (χ2n) is 4.40. The molecule has 0 spiro atoms. The molecule has 0 saturated heterocycles. The summed E-state index contributed by atoms with van der Waals surface area (Å²) in [6, 6.07) is 11.8. The number of carbonyl (C=O) groups excluding carboxylic acids is 1. The summed E-state index contributed by atoms with van der Waals surface area (Å²) in [4.78, 5) is 22.7. The summed E-state index contributed by atoms with van der Waals surface area (Å²) in [5, 5.41) is 8.99. The Morgan fingerprint density at radius 1 is 1.05 bits per heavy atom. The van der Waals surface area contributed by atoms with Gasteiger partial charge in [0.15, 0.2) is 0 Å². The van der Waals surface area contributed by atoms with Gasteiger partial charge >= 0.3 is 11.9 Å². The molecule has 0 fully saturated rings. The third kappa shape index (κ3) is 4.14. The maximum Gasteiger partial charge on any atom is 0.339 e. The molecule has 0 aliphatic carbocycles. The van der Waals surface area contributed by atoms with Gasteiger partial charge in [-0.1, -0.05) is 24.3 Å². The summed E-state index contributed by atoms with van der Waals surface area (Å²) in [5.74, 6) is -2.00. The van der Waals surface area contributed by atoms with Crippen LogP contribution in [-0.2, 0) is 11.2 Å². The van der Waals surface area contributed by atoms with Crippen LogP contribution in [0.2, 0.25) is 0 Å². The van der Waals surface area contributed by atoms with Gasteiger partial charge in [0.25, 0.3) is 0 Å². The zero-order chi connectivity index (χ0) is 15.2. The van der Waals surface area contributed by atoms with Crippen LogP contribution in [0.3, 0.4) is 0 Å². The highest BCUT2D eigenvalue weighted by atomic mass is 19.1. The van der Waals surface area contributed by atoms with Crippen molar-refractivity contribution in [3.8, 4) is 5.75 Å². The van der Waals surface area contributed by atoms with Crippen LogP contribution in [0, 0.1) is 5.82 Å². The number of rotatable bonds is 5. The van der Waals surface area contributed by atoms with Gasteiger partial charge in [-0.05, 0) is 36.2 Å². The predicted octanol–water partition coefficient (Wildman–Crippen LogP) is 3.06. The van der Waals surface area contributed by atoms with Gasteiger partial charge in [0.05, 0.1) is 0 Å². The van der Waals surface area contributed by atoms with E-state index < -0.39 is 11.9 Å². The minimum absolute atomic E-state index is 0.0223. The molecule has 108 valence electrons. The second kappa shape index (κ2) is 6.65. The molecule has 0 amide bonds. The number of carboxylic acids is 1. The Balaban J connectivity index is 1.96. The molecular weight excluding hydrogens is 275 g/mol. The van der Waals surface area contributed by atoms with Crippen LogP contribution >= 0.6 is 0 Å². The molecule has 0 saturated carbocycles. The average molecular weight is 288 g/mol. The number of benzene rings is 2. The van der Waals surface area contributed by atoms with E-state index in [1.807, 2.05) is 0 Å². The van der Waals surface area contributed by atoms with Crippen LogP contribution in [0.5, 0.6) is 5.75 Å². The lowest BCUT2D eigenvalue weighted by Crippen LogP contribution is -2.11. The van der Waals surface area contributed by atoms with Crippen molar-refractivity contribution >= 4 is 11.9 Å². The Labute approximate surface area is 120 Å². The summed E-state index contributed by atoms with van der Waals surface area (Å²) < 4.78 is 17.8. The second-order valence-corrected chi connectivity index (χ2v) is 4.40. The first-order valence-corrected chi connectivity index (χ1v) is 6.33. The van der Waals surface area contributed by atoms with Gasteiger partial charge in [0.1, 0.15) is 17.1 Å². The Morgan fingerprint density at radius 2 is 1.71 bits per heavy atom. The molecule has 0 radical (unpaired) electrons. The number of ether oxygens (including phenoxy) is 1. The smallest absolute Gasteiger partial charge is 0.339 e. The van der Waals surface area contributed by atoms with Crippen molar-refractivity contribution in [2.75, 3.05) is 0 Å². The standard InChI is InChI=1S/C16H13FO4/c17-12-8-5-11(6-9-12)7-10-15(18)21-14-4-2-1-3-13(14)16(19)20/h1-6,8-9H,7,10H2,(H,19,20). The van der Waals surface area contributed by atoms with E-state index >= 15 is 0 Å². The fraction of sp³-hybridized carbons (Fsp3) is 0.125. The number of esters is 1. The van der Waals surface area contributed by atoms with E-state index in [2.05, 4.69) is 0 Å². The van der Waals surface area contributed by atoms with Crippen LogP contribution < -0.4 is 4.74 Å². The summed E-state index contributed by atoms with van der Waals surface area (Å²) in [6.07, 6.45) is 0.480. The molecule has 0 aromatic heterocycles. The van der Waals surface area contributed by atoms with Crippen molar-refractivity contribution < 1.29 is 23.8 Å². The van der Waals surface area contributed by atoms with Gasteiger partial charge < -0.3 is 9.84 Å². The summed E-state index contributed by atoms with van der Waals surface area (Å²) in [7, 11) is 0. The lowest BCUT2D eigenvalue weighted by atomic mass is 10.1. The molecule has 0 heterocycles. The lowest BCUT2D eigenvalue weighted by Gasteiger charge is -2.07. The summed E-state index contributed by atoms with van der Waals surface area (Å²) in [6.45, 7) is 0. The maximum atomic E-state index is 12.7. The fourth-order valence-corrected chi connectivity index (χ4v) is 1.80. The molecule has 0 aliphatic heterocycles. The highest BCUT2D eigenvalue weighted by molar-refractivity contribution is 5.91. The first-order valence-electron chi connectivity index (χ1n) is 6.33. The molecule has 2 aromatic rings. The molecule has 0 aliphatic rings. The van der Waals surface area contributed by atoms with Crippen LogP contribution in [0.4, 0.5) is 4.39 Å². The topological polar surface area (TPSA) is 63.6 Å². The van der Waals surface area contributed by atoms with E-state index in [4.69, 9.17) is 9.84 Å². The quantitative estimate of drug-likeness (QED) is 0.678. The molecule has 0 bridgehead atoms. The Morgan fingerprint density at radius 3 is 2.38 bits per heavy atom. The van der Waals surface area contributed by atoms with Gasteiger partial charge in [-0.15, -0.1) is 0 Å². The number of halogens is 1. The lowest BCUT2D eigenvalue weighted by molar-refractivity contribution is -0.134. The number of hydrogen-bond acceptors (Lipinski definition) is 3. The monoisotopic (exact) mass is 288 g/mol. The zero-order valence-corrected chi connectivity index (χ0v) is 11.1. The number of para-hydroxylation sites is 1. The highest BCUT2D eigenvalue weighted by Crippen LogP contribution is 2.18. The highest BCUT2D eigenvalue weighted by Gasteiger charge is 2.13. The SMILES string of the molecule is O=C(CCc1ccc(F)cc1)Oc1ccccc1C(=O)O. The number of carbonyl (C=O) groups is 2. The molecule has 4 nitrogen and oxygen atoms in total. The van der Waals surface area contributed by atoms with Crippen LogP contribution in [0.25, 0.3) is 0 Å². The first-order chi connectivity index (χ1) is 10.1. The van der Waals surface area contributed by atoms with E-state index in [0.29, 0.717) is 6.42 Å². The molecule has 2 aromatic carbocycles. The molecule has 0 atom stereocenters. The van der Waals surface area contributed by atoms with Crippen LogP contribution in [0.1, 0.15) is 22.3 Å². The van der Waals surface area contributed by atoms with Crippen molar-refractivity contribution in [3.63, 3.8) is 0 Å². The maximum absolute atomic E-state index is 12.7. The van der Waals surface area contributed by atoms with Crippen LogP contribution in [0.15, 0.2) is 48.5 Å².